The van der Waals surface area contributed by atoms with Gasteiger partial charge in [-0.1, -0.05) is 12.1 Å². The van der Waals surface area contributed by atoms with E-state index in [-0.39, 0.29) is 11.7 Å². The lowest BCUT2D eigenvalue weighted by Gasteiger charge is -2.42. The molecule has 0 N–H and O–H groups in total. The first kappa shape index (κ1) is 20.3. The number of aryl methyl sites for hydroxylation is 1. The number of amides is 1. The van der Waals surface area contributed by atoms with Crippen LogP contribution in [0, 0.1) is 11.7 Å². The van der Waals surface area contributed by atoms with E-state index in [1.807, 2.05) is 12.1 Å². The van der Waals surface area contributed by atoms with Crippen LogP contribution in [0.15, 0.2) is 24.3 Å². The first-order valence-corrected chi connectivity index (χ1v) is 10.5. The Balaban J connectivity index is 1.36. The van der Waals surface area contributed by atoms with Crippen LogP contribution in [0.1, 0.15) is 38.2 Å². The zero-order chi connectivity index (χ0) is 19.2. The number of hydrogen-bond acceptors (Lipinski definition) is 3. The Bertz CT molecular complexity index is 590. The van der Waals surface area contributed by atoms with E-state index >= 15 is 0 Å². The average molecular weight is 376 g/mol. The lowest BCUT2D eigenvalue weighted by molar-refractivity contribution is -0.133. The third kappa shape index (κ3) is 5.76. The van der Waals surface area contributed by atoms with Gasteiger partial charge in [0.1, 0.15) is 5.82 Å². The molecule has 0 aliphatic carbocycles. The minimum atomic E-state index is -0.205. The van der Waals surface area contributed by atoms with Gasteiger partial charge in [0.2, 0.25) is 5.91 Å². The summed E-state index contributed by atoms with van der Waals surface area (Å²) in [5.74, 6) is 0.781. The van der Waals surface area contributed by atoms with Gasteiger partial charge in [-0.25, -0.2) is 4.39 Å². The number of piperazine rings is 1. The number of rotatable bonds is 6. The molecule has 27 heavy (non-hydrogen) atoms. The van der Waals surface area contributed by atoms with E-state index in [4.69, 9.17) is 0 Å². The Morgan fingerprint density at radius 2 is 1.70 bits per heavy atom. The van der Waals surface area contributed by atoms with Crippen LogP contribution in [-0.2, 0) is 11.2 Å². The first-order valence-electron chi connectivity index (χ1n) is 10.5. The number of halogens is 1. The molecule has 2 aliphatic rings. The number of likely N-dealkylation sites (N-methyl/N-ethyl adjacent to an activating group) is 1. The van der Waals surface area contributed by atoms with Crippen LogP contribution < -0.4 is 0 Å². The molecule has 1 aromatic rings. The Kier molecular flexibility index (Phi) is 7.25. The molecule has 2 aliphatic heterocycles. The summed E-state index contributed by atoms with van der Waals surface area (Å²) in [7, 11) is 2.20. The summed E-state index contributed by atoms with van der Waals surface area (Å²) in [6.07, 6.45) is 4.51. The second-order valence-electron chi connectivity index (χ2n) is 8.28. The van der Waals surface area contributed by atoms with Crippen molar-refractivity contribution in [2.24, 2.45) is 5.92 Å². The lowest BCUT2D eigenvalue weighted by Crippen LogP contribution is -2.52. The summed E-state index contributed by atoms with van der Waals surface area (Å²) in [5.41, 5.74) is 1.10. The van der Waals surface area contributed by atoms with Gasteiger partial charge < -0.3 is 9.80 Å². The minimum absolute atomic E-state index is 0.205. The fourth-order valence-corrected chi connectivity index (χ4v) is 4.41. The topological polar surface area (TPSA) is 26.8 Å². The second kappa shape index (κ2) is 9.65. The molecule has 1 aromatic carbocycles. The van der Waals surface area contributed by atoms with Crippen molar-refractivity contribution in [3.05, 3.63) is 35.6 Å². The largest absolute Gasteiger partial charge is 0.343 e. The van der Waals surface area contributed by atoms with Crippen LogP contribution in [0.4, 0.5) is 4.39 Å². The SMILES string of the molecule is C[C@@H](C1CCN(C(=O)CCCc2ccc(F)cc2)CC1)N1CCN(C)CC1. The van der Waals surface area contributed by atoms with Crippen LogP contribution in [-0.4, -0.2) is 73.0 Å². The van der Waals surface area contributed by atoms with E-state index in [2.05, 4.69) is 28.7 Å². The summed E-state index contributed by atoms with van der Waals surface area (Å²) in [6.45, 7) is 8.83. The summed E-state index contributed by atoms with van der Waals surface area (Å²) in [5, 5.41) is 0. The highest BCUT2D eigenvalue weighted by Gasteiger charge is 2.30. The van der Waals surface area contributed by atoms with Gasteiger partial charge in [0.05, 0.1) is 0 Å². The van der Waals surface area contributed by atoms with Crippen molar-refractivity contribution >= 4 is 5.91 Å². The molecule has 0 spiro atoms. The second-order valence-corrected chi connectivity index (χ2v) is 8.28. The predicted molar refractivity (Wildman–Crippen MR) is 107 cm³/mol. The summed E-state index contributed by atoms with van der Waals surface area (Å²) >= 11 is 0. The fourth-order valence-electron chi connectivity index (χ4n) is 4.41. The molecule has 4 nitrogen and oxygen atoms in total. The van der Waals surface area contributed by atoms with Crippen molar-refractivity contribution in [3.8, 4) is 0 Å². The van der Waals surface area contributed by atoms with Gasteiger partial charge in [0, 0.05) is 51.7 Å². The predicted octanol–water partition coefficient (Wildman–Crippen LogP) is 3.02. The zero-order valence-corrected chi connectivity index (χ0v) is 16.9. The Morgan fingerprint density at radius 3 is 2.33 bits per heavy atom. The number of carbonyl (C=O) groups excluding carboxylic acids is 1. The highest BCUT2D eigenvalue weighted by molar-refractivity contribution is 5.76. The van der Waals surface area contributed by atoms with E-state index in [9.17, 15) is 9.18 Å². The molecule has 150 valence electrons. The molecule has 2 saturated heterocycles. The van der Waals surface area contributed by atoms with Gasteiger partial charge in [-0.05, 0) is 63.3 Å². The molecule has 3 rings (SSSR count). The van der Waals surface area contributed by atoms with Gasteiger partial charge in [0.15, 0.2) is 0 Å². The van der Waals surface area contributed by atoms with Crippen molar-refractivity contribution in [1.29, 1.82) is 0 Å². The number of carbonyl (C=O) groups is 1. The maximum atomic E-state index is 12.9. The summed E-state index contributed by atoms with van der Waals surface area (Å²) < 4.78 is 12.9. The lowest BCUT2D eigenvalue weighted by atomic mass is 9.89. The van der Waals surface area contributed by atoms with E-state index in [0.29, 0.717) is 18.4 Å². The fraction of sp³-hybridized carbons (Fsp3) is 0.682. The summed E-state index contributed by atoms with van der Waals surface area (Å²) in [4.78, 5) is 19.6. The third-order valence-electron chi connectivity index (χ3n) is 6.46. The van der Waals surface area contributed by atoms with Gasteiger partial charge >= 0.3 is 0 Å². The van der Waals surface area contributed by atoms with E-state index in [1.54, 1.807) is 0 Å². The standard InChI is InChI=1S/C22H34FN3O/c1-18(25-16-14-24(2)15-17-25)20-10-12-26(13-11-20)22(27)5-3-4-19-6-8-21(23)9-7-19/h6-9,18,20H,3-5,10-17H2,1-2H3/t18-/m0/s1. The normalized spacial score (nSPS) is 21.4. The van der Waals surface area contributed by atoms with Gasteiger partial charge in [-0.3, -0.25) is 9.69 Å². The molecule has 0 unspecified atom stereocenters. The first-order chi connectivity index (χ1) is 13.0. The van der Waals surface area contributed by atoms with E-state index < -0.39 is 0 Å². The monoisotopic (exact) mass is 375 g/mol. The number of likely N-dealkylation sites (tertiary alicyclic amines) is 1. The Hall–Kier alpha value is -1.46. The molecule has 1 amide bonds. The van der Waals surface area contributed by atoms with Crippen LogP contribution >= 0.6 is 0 Å². The van der Waals surface area contributed by atoms with Crippen LogP contribution in [0.2, 0.25) is 0 Å². The number of piperidine rings is 1. The van der Waals surface area contributed by atoms with E-state index in [1.165, 1.54) is 25.2 Å². The quantitative estimate of drug-likeness (QED) is 0.765. The number of benzene rings is 1. The van der Waals surface area contributed by atoms with Gasteiger partial charge in [-0.2, -0.15) is 0 Å². The van der Waals surface area contributed by atoms with Crippen molar-refractivity contribution in [2.45, 2.75) is 45.1 Å². The van der Waals surface area contributed by atoms with Crippen molar-refractivity contribution in [2.75, 3.05) is 46.3 Å². The Labute approximate surface area is 163 Å². The van der Waals surface area contributed by atoms with Crippen LogP contribution in [0.3, 0.4) is 0 Å². The van der Waals surface area contributed by atoms with Crippen molar-refractivity contribution in [3.63, 3.8) is 0 Å². The molecule has 0 bridgehead atoms. The third-order valence-corrected chi connectivity index (χ3v) is 6.46. The van der Waals surface area contributed by atoms with Gasteiger partial charge in [0.25, 0.3) is 0 Å². The molecule has 2 heterocycles. The Morgan fingerprint density at radius 1 is 1.07 bits per heavy atom. The van der Waals surface area contributed by atoms with Gasteiger partial charge in [-0.15, -0.1) is 0 Å². The molecular formula is C22H34FN3O. The average Bonchev–Trinajstić information content (AvgIpc) is 2.69. The van der Waals surface area contributed by atoms with Crippen LogP contribution in [0.25, 0.3) is 0 Å². The molecule has 0 aromatic heterocycles. The summed E-state index contributed by atoms with van der Waals surface area (Å²) in [6, 6.07) is 7.22. The van der Waals surface area contributed by atoms with E-state index in [0.717, 1.165) is 57.4 Å². The molecule has 1 atom stereocenters. The van der Waals surface area contributed by atoms with Crippen LogP contribution in [0.5, 0.6) is 0 Å². The number of nitrogens with zero attached hydrogens (tertiary/aromatic N) is 3. The molecule has 0 saturated carbocycles. The van der Waals surface area contributed by atoms with Crippen molar-refractivity contribution < 1.29 is 9.18 Å². The minimum Gasteiger partial charge on any atom is -0.343 e. The highest BCUT2D eigenvalue weighted by Crippen LogP contribution is 2.25. The van der Waals surface area contributed by atoms with Crippen molar-refractivity contribution in [1.82, 2.24) is 14.7 Å². The zero-order valence-electron chi connectivity index (χ0n) is 16.9. The smallest absolute Gasteiger partial charge is 0.222 e. The maximum Gasteiger partial charge on any atom is 0.222 e. The molecular weight excluding hydrogens is 341 g/mol. The molecule has 0 radical (unpaired) electrons. The maximum absolute atomic E-state index is 12.9. The molecule has 2 fully saturated rings. The molecule has 5 heteroatoms. The highest BCUT2D eigenvalue weighted by atomic mass is 19.1. The number of hydrogen-bond donors (Lipinski definition) is 0.